The lowest BCUT2D eigenvalue weighted by Gasteiger charge is -2.04. The van der Waals surface area contributed by atoms with Crippen molar-refractivity contribution >= 4 is 5.91 Å². The van der Waals surface area contributed by atoms with E-state index in [1.54, 1.807) is 6.07 Å². The molecule has 1 heterocycles. The predicted octanol–water partition coefficient (Wildman–Crippen LogP) is 2.62. The van der Waals surface area contributed by atoms with E-state index in [1.165, 1.54) is 0 Å². The van der Waals surface area contributed by atoms with Crippen LogP contribution in [0.1, 0.15) is 48.4 Å². The van der Waals surface area contributed by atoms with Crippen molar-refractivity contribution in [2.24, 2.45) is 0 Å². The van der Waals surface area contributed by atoms with Gasteiger partial charge in [-0.05, 0) is 38.3 Å². The van der Waals surface area contributed by atoms with Gasteiger partial charge in [0.2, 0.25) is 0 Å². The lowest BCUT2D eigenvalue weighted by Crippen LogP contribution is -2.26. The summed E-state index contributed by atoms with van der Waals surface area (Å²) in [6.45, 7) is 7.91. The Morgan fingerprint density at radius 1 is 1.31 bits per heavy atom. The highest BCUT2D eigenvalue weighted by atomic mass is 16.2. The Labute approximate surface area is 97.3 Å². The van der Waals surface area contributed by atoms with Crippen LogP contribution in [0.2, 0.25) is 0 Å². The molecule has 1 aliphatic rings. The van der Waals surface area contributed by atoms with Crippen molar-refractivity contribution in [2.45, 2.75) is 46.6 Å². The van der Waals surface area contributed by atoms with E-state index in [1.807, 2.05) is 33.8 Å². The van der Waals surface area contributed by atoms with E-state index < -0.39 is 0 Å². The lowest BCUT2D eigenvalue weighted by molar-refractivity contribution is 0.0946. The van der Waals surface area contributed by atoms with Gasteiger partial charge < -0.3 is 5.32 Å². The van der Waals surface area contributed by atoms with E-state index in [2.05, 4.69) is 10.3 Å². The second kappa shape index (κ2) is 5.64. The molecule has 0 saturated heterocycles. The molecule has 1 fully saturated rings. The minimum Gasteiger partial charge on any atom is -0.348 e. The predicted molar refractivity (Wildman–Crippen MR) is 65.5 cm³/mol. The third-order valence-corrected chi connectivity index (χ3v) is 2.50. The summed E-state index contributed by atoms with van der Waals surface area (Å²) in [6.07, 6.45) is 2.22. The number of carbonyl (C=O) groups excluding carboxylic acids is 1. The van der Waals surface area contributed by atoms with E-state index in [0.29, 0.717) is 11.7 Å². The Bertz CT molecular complexity index is 370. The van der Waals surface area contributed by atoms with Gasteiger partial charge in [-0.15, -0.1) is 0 Å². The number of nitrogens with one attached hydrogen (secondary N) is 1. The molecule has 1 aromatic heterocycles. The minimum atomic E-state index is -0.0457. The SMILES string of the molecule is CC.Cc1ccc(C(=O)NC2CC2)nc1C. The number of hydrogen-bond acceptors (Lipinski definition) is 2. The number of aryl methyl sites for hydroxylation is 2. The number of aromatic nitrogens is 1. The second-order valence-electron chi connectivity index (χ2n) is 3.85. The zero-order chi connectivity index (χ0) is 12.1. The molecule has 0 radical (unpaired) electrons. The molecule has 0 unspecified atom stereocenters. The summed E-state index contributed by atoms with van der Waals surface area (Å²) >= 11 is 0. The Kier molecular flexibility index (Phi) is 4.47. The minimum absolute atomic E-state index is 0.0457. The molecule has 1 aromatic rings. The molecule has 0 spiro atoms. The standard InChI is InChI=1S/C11H14N2O.C2H6/c1-7-3-6-10(12-8(7)2)11(14)13-9-4-5-9;1-2/h3,6,9H,4-5H2,1-2H3,(H,13,14);1-2H3. The van der Waals surface area contributed by atoms with Crippen LogP contribution in [0.5, 0.6) is 0 Å². The average molecular weight is 220 g/mol. The van der Waals surface area contributed by atoms with E-state index >= 15 is 0 Å². The molecule has 3 heteroatoms. The van der Waals surface area contributed by atoms with Gasteiger partial charge in [-0.25, -0.2) is 4.98 Å². The summed E-state index contributed by atoms with van der Waals surface area (Å²) in [5.74, 6) is -0.0457. The number of nitrogens with zero attached hydrogens (tertiary/aromatic N) is 1. The summed E-state index contributed by atoms with van der Waals surface area (Å²) in [7, 11) is 0. The molecule has 1 N–H and O–H groups in total. The zero-order valence-electron chi connectivity index (χ0n) is 10.5. The van der Waals surface area contributed by atoms with E-state index in [0.717, 1.165) is 24.1 Å². The molecule has 1 amide bonds. The van der Waals surface area contributed by atoms with Gasteiger partial charge in [-0.2, -0.15) is 0 Å². The first-order valence-electron chi connectivity index (χ1n) is 5.92. The van der Waals surface area contributed by atoms with Gasteiger partial charge in [0.25, 0.3) is 5.91 Å². The number of amides is 1. The lowest BCUT2D eigenvalue weighted by atomic mass is 10.2. The average Bonchev–Trinajstić information content (AvgIpc) is 3.09. The van der Waals surface area contributed by atoms with Gasteiger partial charge in [0.05, 0.1) is 0 Å². The zero-order valence-corrected chi connectivity index (χ0v) is 10.5. The van der Waals surface area contributed by atoms with E-state index in [4.69, 9.17) is 0 Å². The molecule has 2 rings (SSSR count). The summed E-state index contributed by atoms with van der Waals surface area (Å²) in [4.78, 5) is 15.8. The first-order valence-corrected chi connectivity index (χ1v) is 5.92. The normalized spacial score (nSPS) is 13.8. The smallest absolute Gasteiger partial charge is 0.270 e. The van der Waals surface area contributed by atoms with Crippen LogP contribution in [-0.4, -0.2) is 16.9 Å². The molecule has 0 aromatic carbocycles. The Morgan fingerprint density at radius 2 is 1.94 bits per heavy atom. The van der Waals surface area contributed by atoms with Crippen LogP contribution in [-0.2, 0) is 0 Å². The molecule has 16 heavy (non-hydrogen) atoms. The van der Waals surface area contributed by atoms with Crippen molar-refractivity contribution in [1.82, 2.24) is 10.3 Å². The van der Waals surface area contributed by atoms with E-state index in [9.17, 15) is 4.79 Å². The highest BCUT2D eigenvalue weighted by Crippen LogP contribution is 2.19. The van der Waals surface area contributed by atoms with Crippen molar-refractivity contribution in [3.05, 3.63) is 29.1 Å². The number of pyridine rings is 1. The van der Waals surface area contributed by atoms with Crippen LogP contribution in [0.25, 0.3) is 0 Å². The first kappa shape index (κ1) is 12.7. The van der Waals surface area contributed by atoms with Gasteiger partial charge in [-0.3, -0.25) is 4.79 Å². The fourth-order valence-corrected chi connectivity index (χ4v) is 1.24. The van der Waals surface area contributed by atoms with Crippen molar-refractivity contribution in [3.63, 3.8) is 0 Å². The molecule has 0 aliphatic heterocycles. The molecule has 0 bridgehead atoms. The molecule has 88 valence electrons. The van der Waals surface area contributed by atoms with Gasteiger partial charge in [-0.1, -0.05) is 19.9 Å². The van der Waals surface area contributed by atoms with Crippen molar-refractivity contribution in [1.29, 1.82) is 0 Å². The Balaban J connectivity index is 0.000000606. The third-order valence-electron chi connectivity index (χ3n) is 2.50. The number of rotatable bonds is 2. The Hall–Kier alpha value is -1.38. The summed E-state index contributed by atoms with van der Waals surface area (Å²) < 4.78 is 0. The third kappa shape index (κ3) is 3.33. The number of carbonyl (C=O) groups is 1. The van der Waals surface area contributed by atoms with Crippen LogP contribution in [0.15, 0.2) is 12.1 Å². The fraction of sp³-hybridized carbons (Fsp3) is 0.538. The summed E-state index contributed by atoms with van der Waals surface area (Å²) in [5, 5.41) is 2.92. The highest BCUT2D eigenvalue weighted by Gasteiger charge is 2.24. The van der Waals surface area contributed by atoms with Crippen molar-refractivity contribution in [2.75, 3.05) is 0 Å². The van der Waals surface area contributed by atoms with Gasteiger partial charge >= 0.3 is 0 Å². The Morgan fingerprint density at radius 3 is 2.44 bits per heavy atom. The topological polar surface area (TPSA) is 42.0 Å². The maximum atomic E-state index is 11.6. The molecular formula is C13H20N2O. The van der Waals surface area contributed by atoms with Crippen molar-refractivity contribution in [3.8, 4) is 0 Å². The van der Waals surface area contributed by atoms with Gasteiger partial charge in [0.15, 0.2) is 0 Å². The molecule has 3 nitrogen and oxygen atoms in total. The molecule has 1 saturated carbocycles. The second-order valence-corrected chi connectivity index (χ2v) is 3.85. The molecule has 1 aliphatic carbocycles. The first-order chi connectivity index (χ1) is 7.66. The quantitative estimate of drug-likeness (QED) is 0.832. The maximum Gasteiger partial charge on any atom is 0.270 e. The van der Waals surface area contributed by atoms with Gasteiger partial charge in [0, 0.05) is 11.7 Å². The van der Waals surface area contributed by atoms with Crippen LogP contribution >= 0.6 is 0 Å². The molecule has 0 atom stereocenters. The summed E-state index contributed by atoms with van der Waals surface area (Å²) in [6, 6.07) is 4.11. The highest BCUT2D eigenvalue weighted by molar-refractivity contribution is 5.92. The van der Waals surface area contributed by atoms with Crippen LogP contribution < -0.4 is 5.32 Å². The maximum absolute atomic E-state index is 11.6. The number of hydrogen-bond donors (Lipinski definition) is 1. The fourth-order valence-electron chi connectivity index (χ4n) is 1.24. The van der Waals surface area contributed by atoms with Crippen LogP contribution in [0.3, 0.4) is 0 Å². The van der Waals surface area contributed by atoms with Crippen molar-refractivity contribution < 1.29 is 4.79 Å². The van der Waals surface area contributed by atoms with Gasteiger partial charge in [0.1, 0.15) is 5.69 Å². The summed E-state index contributed by atoms with van der Waals surface area (Å²) in [5.41, 5.74) is 2.57. The van der Waals surface area contributed by atoms with E-state index in [-0.39, 0.29) is 5.91 Å². The van der Waals surface area contributed by atoms with Crippen LogP contribution in [0.4, 0.5) is 0 Å². The van der Waals surface area contributed by atoms with Crippen LogP contribution in [0, 0.1) is 13.8 Å². The monoisotopic (exact) mass is 220 g/mol. The molecular weight excluding hydrogens is 200 g/mol. The largest absolute Gasteiger partial charge is 0.348 e.